The van der Waals surface area contributed by atoms with Crippen LogP contribution in [-0.2, 0) is 10.0 Å². The number of benzene rings is 1. The summed E-state index contributed by atoms with van der Waals surface area (Å²) < 4.78 is 32.2. The summed E-state index contributed by atoms with van der Waals surface area (Å²) in [6, 6.07) is 7.50. The van der Waals surface area contributed by atoms with Gasteiger partial charge >= 0.3 is 0 Å². The van der Waals surface area contributed by atoms with E-state index in [1.807, 2.05) is 0 Å². The molecule has 5 nitrogen and oxygen atoms in total. The Hall–Kier alpha value is -1.50. The standard InChI is InChI=1S/C13H12Cl2N2O3S/c1-2-20-11-7-10(15)12(8-9(11)14)21(18,19)17-13-5-3-4-6-16-13/h3-8H,2H2,1H3,(H,16,17). The second-order valence-corrected chi connectivity index (χ2v) is 6.43. The summed E-state index contributed by atoms with van der Waals surface area (Å²) in [6.07, 6.45) is 1.48. The first kappa shape index (κ1) is 15.9. The maximum Gasteiger partial charge on any atom is 0.264 e. The van der Waals surface area contributed by atoms with Gasteiger partial charge in [0.05, 0.1) is 16.7 Å². The average molecular weight is 347 g/mol. The van der Waals surface area contributed by atoms with Gasteiger partial charge < -0.3 is 4.74 Å². The minimum Gasteiger partial charge on any atom is -0.492 e. The molecule has 0 fully saturated rings. The Bertz CT molecular complexity index is 737. The van der Waals surface area contributed by atoms with Gasteiger partial charge in [-0.3, -0.25) is 4.72 Å². The quantitative estimate of drug-likeness (QED) is 0.898. The fraction of sp³-hybridized carbons (Fsp3) is 0.154. The van der Waals surface area contributed by atoms with Gasteiger partial charge in [0.1, 0.15) is 16.5 Å². The Morgan fingerprint density at radius 2 is 2.00 bits per heavy atom. The second-order valence-electron chi connectivity index (χ2n) is 3.97. The molecule has 21 heavy (non-hydrogen) atoms. The first-order valence-corrected chi connectivity index (χ1v) is 8.23. The first-order valence-electron chi connectivity index (χ1n) is 5.99. The number of anilines is 1. The van der Waals surface area contributed by atoms with Crippen molar-refractivity contribution >= 4 is 39.0 Å². The van der Waals surface area contributed by atoms with Crippen LogP contribution in [0.5, 0.6) is 5.75 Å². The fourth-order valence-corrected chi connectivity index (χ4v) is 3.43. The van der Waals surface area contributed by atoms with Crippen molar-refractivity contribution in [3.63, 3.8) is 0 Å². The van der Waals surface area contributed by atoms with E-state index in [4.69, 9.17) is 27.9 Å². The van der Waals surface area contributed by atoms with Crippen LogP contribution in [0.15, 0.2) is 41.4 Å². The normalized spacial score (nSPS) is 11.2. The summed E-state index contributed by atoms with van der Waals surface area (Å²) >= 11 is 12.0. The number of hydrogen-bond acceptors (Lipinski definition) is 4. The van der Waals surface area contributed by atoms with Crippen molar-refractivity contribution in [2.45, 2.75) is 11.8 Å². The predicted molar refractivity (Wildman–Crippen MR) is 82.7 cm³/mol. The molecule has 0 aliphatic heterocycles. The Kier molecular flexibility index (Phi) is 4.92. The number of nitrogens with zero attached hydrogens (tertiary/aromatic N) is 1. The highest BCUT2D eigenvalue weighted by Crippen LogP contribution is 2.34. The lowest BCUT2D eigenvalue weighted by atomic mass is 10.3. The lowest BCUT2D eigenvalue weighted by molar-refractivity contribution is 0.340. The van der Waals surface area contributed by atoms with Crippen molar-refractivity contribution in [3.8, 4) is 5.75 Å². The van der Waals surface area contributed by atoms with Crippen LogP contribution >= 0.6 is 23.2 Å². The SMILES string of the molecule is CCOc1cc(Cl)c(S(=O)(=O)Nc2ccccn2)cc1Cl. The van der Waals surface area contributed by atoms with E-state index >= 15 is 0 Å². The summed E-state index contributed by atoms with van der Waals surface area (Å²) in [6.45, 7) is 2.19. The van der Waals surface area contributed by atoms with Crippen LogP contribution in [0.4, 0.5) is 5.82 Å². The molecule has 1 N–H and O–H groups in total. The van der Waals surface area contributed by atoms with Crippen LogP contribution in [0.3, 0.4) is 0 Å². The zero-order valence-corrected chi connectivity index (χ0v) is 13.3. The molecule has 112 valence electrons. The molecule has 0 bridgehead atoms. The van der Waals surface area contributed by atoms with Gasteiger partial charge in [0.15, 0.2) is 0 Å². The molecule has 2 rings (SSSR count). The molecular weight excluding hydrogens is 335 g/mol. The van der Waals surface area contributed by atoms with E-state index in [1.54, 1.807) is 19.1 Å². The highest BCUT2D eigenvalue weighted by Gasteiger charge is 2.21. The van der Waals surface area contributed by atoms with Gasteiger partial charge in [0, 0.05) is 12.3 Å². The number of ether oxygens (including phenoxy) is 1. The van der Waals surface area contributed by atoms with E-state index in [2.05, 4.69) is 9.71 Å². The highest BCUT2D eigenvalue weighted by atomic mass is 35.5. The Morgan fingerprint density at radius 1 is 1.24 bits per heavy atom. The molecule has 1 heterocycles. The van der Waals surface area contributed by atoms with Crippen LogP contribution in [0.25, 0.3) is 0 Å². The largest absolute Gasteiger partial charge is 0.492 e. The minimum atomic E-state index is -3.88. The van der Waals surface area contributed by atoms with Crippen LogP contribution in [0, 0.1) is 0 Å². The molecule has 0 aliphatic rings. The van der Waals surface area contributed by atoms with E-state index < -0.39 is 10.0 Å². The molecule has 0 amide bonds. The van der Waals surface area contributed by atoms with Crippen molar-refractivity contribution < 1.29 is 13.2 Å². The molecular formula is C13H12Cl2N2O3S. The van der Waals surface area contributed by atoms with Gasteiger partial charge in [-0.05, 0) is 25.1 Å². The number of sulfonamides is 1. The third-order valence-corrected chi connectivity index (χ3v) is 4.59. The van der Waals surface area contributed by atoms with Gasteiger partial charge in [-0.15, -0.1) is 0 Å². The lowest BCUT2D eigenvalue weighted by Gasteiger charge is -2.12. The summed E-state index contributed by atoms with van der Waals surface area (Å²) in [5.74, 6) is 0.527. The Balaban J connectivity index is 2.39. The van der Waals surface area contributed by atoms with Crippen LogP contribution < -0.4 is 9.46 Å². The van der Waals surface area contributed by atoms with Crippen molar-refractivity contribution in [2.75, 3.05) is 11.3 Å². The maximum absolute atomic E-state index is 12.3. The summed E-state index contributed by atoms with van der Waals surface area (Å²) in [7, 11) is -3.88. The van der Waals surface area contributed by atoms with E-state index in [9.17, 15) is 8.42 Å². The van der Waals surface area contributed by atoms with E-state index in [-0.39, 0.29) is 20.8 Å². The van der Waals surface area contributed by atoms with Gasteiger partial charge in [-0.2, -0.15) is 0 Å². The van der Waals surface area contributed by atoms with Crippen molar-refractivity contribution in [3.05, 3.63) is 46.6 Å². The molecule has 0 saturated heterocycles. The van der Waals surface area contributed by atoms with E-state index in [0.29, 0.717) is 12.4 Å². The molecule has 0 atom stereocenters. The van der Waals surface area contributed by atoms with Crippen molar-refractivity contribution in [1.29, 1.82) is 0 Å². The van der Waals surface area contributed by atoms with E-state index in [0.717, 1.165) is 0 Å². The Morgan fingerprint density at radius 3 is 2.62 bits per heavy atom. The number of rotatable bonds is 5. The number of hydrogen-bond donors (Lipinski definition) is 1. The number of nitrogens with one attached hydrogen (secondary N) is 1. The third kappa shape index (κ3) is 3.78. The first-order chi connectivity index (χ1) is 9.94. The van der Waals surface area contributed by atoms with E-state index in [1.165, 1.54) is 24.4 Å². The van der Waals surface area contributed by atoms with Crippen LogP contribution in [0.2, 0.25) is 10.0 Å². The minimum absolute atomic E-state index is 0.0197. The third-order valence-electron chi connectivity index (χ3n) is 2.48. The number of aromatic nitrogens is 1. The highest BCUT2D eigenvalue weighted by molar-refractivity contribution is 7.92. The van der Waals surface area contributed by atoms with Gasteiger partial charge in [0.2, 0.25) is 0 Å². The predicted octanol–water partition coefficient (Wildman–Crippen LogP) is 3.59. The molecule has 0 unspecified atom stereocenters. The molecule has 0 aliphatic carbocycles. The summed E-state index contributed by atoms with van der Waals surface area (Å²) in [5.41, 5.74) is 0. The van der Waals surface area contributed by atoms with Crippen LogP contribution in [0.1, 0.15) is 6.92 Å². The van der Waals surface area contributed by atoms with Gasteiger partial charge in [0.25, 0.3) is 10.0 Å². The second kappa shape index (κ2) is 6.51. The number of pyridine rings is 1. The molecule has 1 aromatic heterocycles. The molecule has 0 radical (unpaired) electrons. The smallest absolute Gasteiger partial charge is 0.264 e. The fourth-order valence-electron chi connectivity index (χ4n) is 1.60. The molecule has 1 aromatic carbocycles. The molecule has 0 spiro atoms. The summed E-state index contributed by atoms with van der Waals surface area (Å²) in [5, 5.41) is 0.189. The topological polar surface area (TPSA) is 68.3 Å². The van der Waals surface area contributed by atoms with Gasteiger partial charge in [-0.1, -0.05) is 29.3 Å². The van der Waals surface area contributed by atoms with Crippen molar-refractivity contribution in [2.24, 2.45) is 0 Å². The van der Waals surface area contributed by atoms with Crippen molar-refractivity contribution in [1.82, 2.24) is 4.98 Å². The number of halogens is 2. The maximum atomic E-state index is 12.3. The van der Waals surface area contributed by atoms with Gasteiger partial charge in [-0.25, -0.2) is 13.4 Å². The molecule has 2 aromatic rings. The van der Waals surface area contributed by atoms with Crippen LogP contribution in [-0.4, -0.2) is 20.0 Å². The average Bonchev–Trinajstić information content (AvgIpc) is 2.43. The monoisotopic (exact) mass is 346 g/mol. The zero-order valence-electron chi connectivity index (χ0n) is 11.0. The molecule has 0 saturated carbocycles. The zero-order chi connectivity index (χ0) is 15.5. The molecule has 8 heteroatoms. The Labute approximate surface area is 132 Å². The summed E-state index contributed by atoms with van der Waals surface area (Å²) in [4.78, 5) is 3.76. The lowest BCUT2D eigenvalue weighted by Crippen LogP contribution is -2.14.